The topological polar surface area (TPSA) is 59.0 Å². The fourth-order valence-electron chi connectivity index (χ4n) is 3.91. The fraction of sp³-hybridized carbons (Fsp3) is 0.409. The van der Waals surface area contributed by atoms with Crippen molar-refractivity contribution < 1.29 is 19.4 Å². The second-order valence-electron chi connectivity index (χ2n) is 6.88. The minimum Gasteiger partial charge on any atom is -0.497 e. The van der Waals surface area contributed by atoms with Gasteiger partial charge in [-0.15, -0.1) is 0 Å². The van der Waals surface area contributed by atoms with Gasteiger partial charge in [0.2, 0.25) is 0 Å². The van der Waals surface area contributed by atoms with Crippen molar-refractivity contribution >= 4 is 21.9 Å². The van der Waals surface area contributed by atoms with E-state index in [9.17, 15) is 9.90 Å². The van der Waals surface area contributed by atoms with Crippen LogP contribution in [0.5, 0.6) is 11.5 Å². The third-order valence-corrected chi connectivity index (χ3v) is 5.63. The molecule has 2 aromatic rings. The van der Waals surface area contributed by atoms with Gasteiger partial charge in [-0.05, 0) is 62.2 Å². The van der Waals surface area contributed by atoms with E-state index in [0.29, 0.717) is 13.0 Å². The molecule has 1 aliphatic rings. The first-order chi connectivity index (χ1) is 13.5. The lowest BCUT2D eigenvalue weighted by Crippen LogP contribution is -2.46. The number of ether oxygens (including phenoxy) is 2. The number of hydrogen-bond donors (Lipinski definition) is 1. The summed E-state index contributed by atoms with van der Waals surface area (Å²) in [5.74, 6) is 0.744. The van der Waals surface area contributed by atoms with E-state index < -0.39 is 12.0 Å². The van der Waals surface area contributed by atoms with Crippen LogP contribution in [0.4, 0.5) is 0 Å². The van der Waals surface area contributed by atoms with Gasteiger partial charge >= 0.3 is 5.97 Å². The molecule has 0 amide bonds. The van der Waals surface area contributed by atoms with Crippen molar-refractivity contribution in [1.29, 1.82) is 0 Å². The third kappa shape index (κ3) is 4.50. The molecule has 2 atom stereocenters. The molecule has 0 aliphatic carbocycles. The summed E-state index contributed by atoms with van der Waals surface area (Å²) < 4.78 is 12.3. The summed E-state index contributed by atoms with van der Waals surface area (Å²) in [7, 11) is 1.64. The molecule has 150 valence electrons. The summed E-state index contributed by atoms with van der Waals surface area (Å²) in [6.07, 6.45) is 2.55. The zero-order valence-electron chi connectivity index (χ0n) is 16.2. The predicted octanol–water partition coefficient (Wildman–Crippen LogP) is 4.88. The standard InChI is InChI=1S/C22H26BrNO4/c1-3-28-20-11-10-16(23)14-18(20)21(15-7-6-8-17(13-15)27-2)24-12-5-4-9-19(24)22(25)26/h6-8,10-11,13-14,19,21H,3-5,9,12H2,1-2H3,(H,25,26). The lowest BCUT2D eigenvalue weighted by Gasteiger charge is -2.40. The fourth-order valence-corrected chi connectivity index (χ4v) is 4.29. The largest absolute Gasteiger partial charge is 0.497 e. The van der Waals surface area contributed by atoms with Gasteiger partial charge in [0.25, 0.3) is 0 Å². The van der Waals surface area contributed by atoms with Gasteiger partial charge in [0.1, 0.15) is 17.5 Å². The highest BCUT2D eigenvalue weighted by atomic mass is 79.9. The van der Waals surface area contributed by atoms with Gasteiger partial charge in [-0.25, -0.2) is 0 Å². The summed E-state index contributed by atoms with van der Waals surface area (Å²) in [6, 6.07) is 13.0. The average Bonchev–Trinajstić information content (AvgIpc) is 2.71. The second kappa shape index (κ2) is 9.43. The van der Waals surface area contributed by atoms with Crippen LogP contribution in [0.3, 0.4) is 0 Å². The number of carboxylic acids is 1. The van der Waals surface area contributed by atoms with Crippen molar-refractivity contribution in [2.45, 2.75) is 38.3 Å². The molecule has 28 heavy (non-hydrogen) atoms. The van der Waals surface area contributed by atoms with Crippen molar-refractivity contribution in [2.24, 2.45) is 0 Å². The number of carboxylic acid groups (broad SMARTS) is 1. The molecule has 0 radical (unpaired) electrons. The van der Waals surface area contributed by atoms with Crippen molar-refractivity contribution in [3.8, 4) is 11.5 Å². The van der Waals surface area contributed by atoms with E-state index in [1.54, 1.807) is 7.11 Å². The number of hydrogen-bond acceptors (Lipinski definition) is 4. The second-order valence-corrected chi connectivity index (χ2v) is 7.80. The highest BCUT2D eigenvalue weighted by molar-refractivity contribution is 9.10. The maximum absolute atomic E-state index is 12.0. The first-order valence-corrected chi connectivity index (χ1v) is 10.4. The predicted molar refractivity (Wildman–Crippen MR) is 112 cm³/mol. The van der Waals surface area contributed by atoms with E-state index in [4.69, 9.17) is 9.47 Å². The lowest BCUT2D eigenvalue weighted by molar-refractivity contribution is -0.145. The molecule has 3 rings (SSSR count). The van der Waals surface area contributed by atoms with E-state index in [1.807, 2.05) is 49.4 Å². The van der Waals surface area contributed by atoms with Gasteiger partial charge in [0.15, 0.2) is 0 Å². The third-order valence-electron chi connectivity index (χ3n) is 5.14. The first-order valence-electron chi connectivity index (χ1n) is 9.60. The Morgan fingerprint density at radius 2 is 2.11 bits per heavy atom. The van der Waals surface area contributed by atoms with E-state index in [1.165, 1.54) is 0 Å². The molecule has 1 aliphatic heterocycles. The van der Waals surface area contributed by atoms with Crippen LogP contribution in [-0.2, 0) is 4.79 Å². The molecular formula is C22H26BrNO4. The number of aliphatic carboxylic acids is 1. The molecule has 0 saturated carbocycles. The summed E-state index contributed by atoms with van der Waals surface area (Å²) in [5, 5.41) is 9.87. The van der Waals surface area contributed by atoms with E-state index in [0.717, 1.165) is 46.5 Å². The zero-order chi connectivity index (χ0) is 20.1. The number of benzene rings is 2. The van der Waals surface area contributed by atoms with Crippen LogP contribution in [-0.4, -0.2) is 42.3 Å². The summed E-state index contributed by atoms with van der Waals surface area (Å²) in [5.41, 5.74) is 1.95. The van der Waals surface area contributed by atoms with Crippen molar-refractivity contribution in [3.05, 3.63) is 58.1 Å². The molecule has 0 spiro atoms. The minimum atomic E-state index is -0.777. The van der Waals surface area contributed by atoms with Gasteiger partial charge < -0.3 is 14.6 Å². The van der Waals surface area contributed by atoms with Gasteiger partial charge in [-0.2, -0.15) is 0 Å². The Morgan fingerprint density at radius 1 is 1.29 bits per heavy atom. The molecule has 1 fully saturated rings. The molecule has 6 heteroatoms. The van der Waals surface area contributed by atoms with Crippen LogP contribution < -0.4 is 9.47 Å². The number of nitrogens with zero attached hydrogens (tertiary/aromatic N) is 1. The Kier molecular flexibility index (Phi) is 6.97. The van der Waals surface area contributed by atoms with Crippen LogP contribution in [0, 0.1) is 0 Å². The van der Waals surface area contributed by atoms with E-state index in [2.05, 4.69) is 20.8 Å². The number of carbonyl (C=O) groups is 1. The zero-order valence-corrected chi connectivity index (χ0v) is 17.8. The van der Waals surface area contributed by atoms with Gasteiger partial charge in [-0.1, -0.05) is 34.5 Å². The van der Waals surface area contributed by atoms with Gasteiger partial charge in [0.05, 0.1) is 19.8 Å². The van der Waals surface area contributed by atoms with Crippen LogP contribution >= 0.6 is 15.9 Å². The van der Waals surface area contributed by atoms with Crippen LogP contribution in [0.15, 0.2) is 46.9 Å². The Morgan fingerprint density at radius 3 is 2.82 bits per heavy atom. The maximum Gasteiger partial charge on any atom is 0.320 e. The highest BCUT2D eigenvalue weighted by Crippen LogP contribution is 2.40. The van der Waals surface area contributed by atoms with Crippen LogP contribution in [0.2, 0.25) is 0 Å². The Hall–Kier alpha value is -2.05. The van der Waals surface area contributed by atoms with Gasteiger partial charge in [-0.3, -0.25) is 9.69 Å². The Bertz CT molecular complexity index is 826. The van der Waals surface area contributed by atoms with Crippen LogP contribution in [0.25, 0.3) is 0 Å². The number of piperidine rings is 1. The SMILES string of the molecule is CCOc1ccc(Br)cc1C(c1cccc(OC)c1)N1CCCCC1C(=O)O. The molecule has 1 N–H and O–H groups in total. The first kappa shape index (κ1) is 20.7. The molecule has 1 heterocycles. The Balaban J connectivity index is 2.17. The van der Waals surface area contributed by atoms with Crippen molar-refractivity contribution in [1.82, 2.24) is 4.90 Å². The summed E-state index contributed by atoms with van der Waals surface area (Å²) in [6.45, 7) is 3.21. The molecule has 2 unspecified atom stereocenters. The molecule has 0 bridgehead atoms. The monoisotopic (exact) mass is 447 g/mol. The lowest BCUT2D eigenvalue weighted by atomic mass is 9.91. The quantitative estimate of drug-likeness (QED) is 0.654. The minimum absolute atomic E-state index is 0.240. The maximum atomic E-state index is 12.0. The molecule has 5 nitrogen and oxygen atoms in total. The average molecular weight is 448 g/mol. The summed E-state index contributed by atoms with van der Waals surface area (Å²) >= 11 is 3.57. The molecule has 1 saturated heterocycles. The number of likely N-dealkylation sites (tertiary alicyclic amines) is 1. The van der Waals surface area contributed by atoms with E-state index in [-0.39, 0.29) is 6.04 Å². The molecule has 0 aromatic heterocycles. The normalized spacial score (nSPS) is 18.5. The van der Waals surface area contributed by atoms with E-state index >= 15 is 0 Å². The number of rotatable bonds is 7. The van der Waals surface area contributed by atoms with Gasteiger partial charge in [0, 0.05) is 10.0 Å². The summed E-state index contributed by atoms with van der Waals surface area (Å²) in [4.78, 5) is 14.1. The van der Waals surface area contributed by atoms with Crippen molar-refractivity contribution in [3.63, 3.8) is 0 Å². The van der Waals surface area contributed by atoms with Crippen LogP contribution in [0.1, 0.15) is 43.4 Å². The molecular weight excluding hydrogens is 422 g/mol. The molecule has 2 aromatic carbocycles. The number of halogens is 1. The van der Waals surface area contributed by atoms with Crippen molar-refractivity contribution in [2.75, 3.05) is 20.3 Å². The smallest absolute Gasteiger partial charge is 0.320 e. The highest BCUT2D eigenvalue weighted by Gasteiger charge is 2.36. The number of methoxy groups -OCH3 is 1. The Labute approximate surface area is 174 Å².